The van der Waals surface area contributed by atoms with Crippen LogP contribution in [0.3, 0.4) is 0 Å². The number of nitrogens with two attached hydrogens (primary N) is 1. The van der Waals surface area contributed by atoms with E-state index < -0.39 is 11.6 Å². The van der Waals surface area contributed by atoms with Crippen LogP contribution in [0.25, 0.3) is 0 Å². The molecule has 0 aliphatic heterocycles. The molecular formula is C10H13Cl2N3O. The third-order valence-electron chi connectivity index (χ3n) is 1.90. The van der Waals surface area contributed by atoms with Crippen molar-refractivity contribution < 1.29 is 4.79 Å². The molecule has 2 amide bonds. The van der Waals surface area contributed by atoms with Gasteiger partial charge in [-0.15, -0.1) is 0 Å². The molecule has 16 heavy (non-hydrogen) atoms. The lowest BCUT2D eigenvalue weighted by Crippen LogP contribution is -2.48. The first-order valence-corrected chi connectivity index (χ1v) is 5.40. The van der Waals surface area contributed by atoms with Gasteiger partial charge in [0, 0.05) is 5.54 Å². The quantitative estimate of drug-likeness (QED) is 0.790. The zero-order valence-corrected chi connectivity index (χ0v) is 10.8. The Labute approximate surface area is 104 Å². The summed E-state index contributed by atoms with van der Waals surface area (Å²) in [5, 5.41) is 0.441. The highest BCUT2D eigenvalue weighted by Crippen LogP contribution is 2.27. The van der Waals surface area contributed by atoms with Gasteiger partial charge in [-0.2, -0.15) is 0 Å². The molecule has 88 valence electrons. The summed E-state index contributed by atoms with van der Waals surface area (Å²) in [7, 11) is 0. The molecule has 2 N–H and O–H groups in total. The molecular weight excluding hydrogens is 249 g/mol. The van der Waals surface area contributed by atoms with Crippen molar-refractivity contribution in [3.63, 3.8) is 0 Å². The Morgan fingerprint density at radius 3 is 2.06 bits per heavy atom. The van der Waals surface area contributed by atoms with E-state index >= 15 is 0 Å². The molecule has 0 aliphatic carbocycles. The molecule has 1 aromatic rings. The summed E-state index contributed by atoms with van der Waals surface area (Å²) >= 11 is 11.5. The average molecular weight is 262 g/mol. The molecule has 1 rings (SSSR count). The maximum absolute atomic E-state index is 11.4. The fraction of sp³-hybridized carbons (Fsp3) is 0.400. The fourth-order valence-corrected chi connectivity index (χ4v) is 1.88. The summed E-state index contributed by atoms with van der Waals surface area (Å²) in [6.07, 6.45) is 0. The molecule has 6 heteroatoms. The molecule has 0 spiro atoms. The minimum absolute atomic E-state index is 0.220. The molecule has 0 atom stereocenters. The molecule has 0 saturated heterocycles. The second-order valence-corrected chi connectivity index (χ2v) is 5.09. The maximum atomic E-state index is 11.4. The summed E-state index contributed by atoms with van der Waals surface area (Å²) in [5.41, 5.74) is 5.41. The second kappa shape index (κ2) is 4.47. The number of pyridine rings is 1. The van der Waals surface area contributed by atoms with Gasteiger partial charge in [-0.05, 0) is 32.9 Å². The van der Waals surface area contributed by atoms with Gasteiger partial charge in [0.15, 0.2) is 0 Å². The zero-order chi connectivity index (χ0) is 12.5. The predicted molar refractivity (Wildman–Crippen MR) is 66.1 cm³/mol. The molecule has 0 fully saturated rings. The van der Waals surface area contributed by atoms with E-state index in [4.69, 9.17) is 28.9 Å². The van der Waals surface area contributed by atoms with Crippen molar-refractivity contribution in [1.29, 1.82) is 0 Å². The van der Waals surface area contributed by atoms with Gasteiger partial charge in [0.2, 0.25) is 0 Å². The number of rotatable bonds is 1. The SMILES string of the molecule is CC(C)(C)N(C(N)=O)c1cc(Cl)nc(Cl)c1. The van der Waals surface area contributed by atoms with E-state index in [1.807, 2.05) is 20.8 Å². The van der Waals surface area contributed by atoms with Gasteiger partial charge in [0.25, 0.3) is 0 Å². The Morgan fingerprint density at radius 1 is 1.31 bits per heavy atom. The van der Waals surface area contributed by atoms with Gasteiger partial charge in [-0.25, -0.2) is 9.78 Å². The smallest absolute Gasteiger partial charge is 0.319 e. The van der Waals surface area contributed by atoms with Crippen LogP contribution < -0.4 is 10.6 Å². The van der Waals surface area contributed by atoms with Crippen LogP contribution in [0, 0.1) is 0 Å². The van der Waals surface area contributed by atoms with E-state index in [0.717, 1.165) is 0 Å². The highest BCUT2D eigenvalue weighted by atomic mass is 35.5. The maximum Gasteiger partial charge on any atom is 0.319 e. The number of carbonyl (C=O) groups is 1. The number of hydrogen-bond donors (Lipinski definition) is 1. The van der Waals surface area contributed by atoms with Crippen LogP contribution >= 0.6 is 23.2 Å². The molecule has 1 heterocycles. The number of urea groups is 1. The van der Waals surface area contributed by atoms with Crippen molar-refractivity contribution >= 4 is 34.9 Å². The summed E-state index contributed by atoms with van der Waals surface area (Å²) < 4.78 is 0. The van der Waals surface area contributed by atoms with E-state index in [1.54, 1.807) is 12.1 Å². The molecule has 0 aromatic carbocycles. The highest BCUT2D eigenvalue weighted by molar-refractivity contribution is 6.33. The van der Waals surface area contributed by atoms with Gasteiger partial charge in [0.1, 0.15) is 10.3 Å². The molecule has 0 aliphatic rings. The van der Waals surface area contributed by atoms with E-state index in [9.17, 15) is 4.79 Å². The number of halogens is 2. The van der Waals surface area contributed by atoms with Crippen molar-refractivity contribution in [2.75, 3.05) is 4.90 Å². The monoisotopic (exact) mass is 261 g/mol. The first-order chi connectivity index (χ1) is 7.21. The number of aromatic nitrogens is 1. The number of hydrogen-bond acceptors (Lipinski definition) is 2. The fourth-order valence-electron chi connectivity index (χ4n) is 1.43. The van der Waals surface area contributed by atoms with E-state index in [1.165, 1.54) is 4.90 Å². The number of carbonyl (C=O) groups excluding carboxylic acids is 1. The highest BCUT2D eigenvalue weighted by Gasteiger charge is 2.26. The Balaban J connectivity index is 3.27. The van der Waals surface area contributed by atoms with Crippen LogP contribution in [-0.2, 0) is 0 Å². The van der Waals surface area contributed by atoms with Crippen LogP contribution in [0.5, 0.6) is 0 Å². The van der Waals surface area contributed by atoms with Crippen LogP contribution in [0.15, 0.2) is 12.1 Å². The van der Waals surface area contributed by atoms with Crippen LogP contribution in [0.4, 0.5) is 10.5 Å². The summed E-state index contributed by atoms with van der Waals surface area (Å²) in [4.78, 5) is 16.6. The molecule has 1 aromatic heterocycles. The van der Waals surface area contributed by atoms with Crippen molar-refractivity contribution in [2.24, 2.45) is 5.73 Å². The van der Waals surface area contributed by atoms with Crippen LogP contribution in [0.2, 0.25) is 10.3 Å². The summed E-state index contributed by atoms with van der Waals surface area (Å²) in [6.45, 7) is 5.58. The van der Waals surface area contributed by atoms with Gasteiger partial charge in [-0.3, -0.25) is 4.90 Å². The van der Waals surface area contributed by atoms with Crippen molar-refractivity contribution in [2.45, 2.75) is 26.3 Å². The Kier molecular flexibility index (Phi) is 3.65. The van der Waals surface area contributed by atoms with Gasteiger partial charge in [-0.1, -0.05) is 23.2 Å². The Hall–Kier alpha value is -1.00. The van der Waals surface area contributed by atoms with Crippen molar-refractivity contribution in [1.82, 2.24) is 4.98 Å². The summed E-state index contributed by atoms with van der Waals surface area (Å²) in [6, 6.07) is 2.53. The molecule has 0 unspecified atom stereocenters. The van der Waals surface area contributed by atoms with Gasteiger partial charge in [0.05, 0.1) is 5.69 Å². The lowest BCUT2D eigenvalue weighted by Gasteiger charge is -2.34. The Bertz CT molecular complexity index is 395. The zero-order valence-electron chi connectivity index (χ0n) is 9.29. The number of nitrogens with zero attached hydrogens (tertiary/aromatic N) is 2. The topological polar surface area (TPSA) is 59.2 Å². The van der Waals surface area contributed by atoms with E-state index in [2.05, 4.69) is 4.98 Å². The first-order valence-electron chi connectivity index (χ1n) is 4.64. The number of amides is 2. The third kappa shape index (κ3) is 3.00. The van der Waals surface area contributed by atoms with E-state index in [-0.39, 0.29) is 10.3 Å². The number of anilines is 1. The largest absolute Gasteiger partial charge is 0.351 e. The molecule has 4 nitrogen and oxygen atoms in total. The minimum Gasteiger partial charge on any atom is -0.351 e. The van der Waals surface area contributed by atoms with Crippen LogP contribution in [0.1, 0.15) is 20.8 Å². The molecule has 0 saturated carbocycles. The Morgan fingerprint density at radius 2 is 1.75 bits per heavy atom. The standard InChI is InChI=1S/C10H13Cl2N3O/c1-10(2,3)15(9(13)16)6-4-7(11)14-8(12)5-6/h4-5H,1-3H3,(H2,13,16). The lowest BCUT2D eigenvalue weighted by molar-refractivity contribution is 0.249. The predicted octanol–water partition coefficient (Wildman–Crippen LogP) is 3.07. The van der Waals surface area contributed by atoms with E-state index in [0.29, 0.717) is 5.69 Å². The first kappa shape index (κ1) is 13.1. The van der Waals surface area contributed by atoms with Gasteiger partial charge < -0.3 is 5.73 Å². The minimum atomic E-state index is -0.564. The molecule has 0 radical (unpaired) electrons. The average Bonchev–Trinajstić information content (AvgIpc) is 1.96. The number of primary amides is 1. The third-order valence-corrected chi connectivity index (χ3v) is 2.28. The second-order valence-electron chi connectivity index (χ2n) is 4.32. The van der Waals surface area contributed by atoms with Crippen molar-refractivity contribution in [3.8, 4) is 0 Å². The molecule has 0 bridgehead atoms. The summed E-state index contributed by atoms with van der Waals surface area (Å²) in [5.74, 6) is 0. The van der Waals surface area contributed by atoms with Gasteiger partial charge >= 0.3 is 6.03 Å². The van der Waals surface area contributed by atoms with Crippen molar-refractivity contribution in [3.05, 3.63) is 22.4 Å². The normalized spacial score (nSPS) is 11.3. The lowest BCUT2D eigenvalue weighted by atomic mass is 10.1. The van der Waals surface area contributed by atoms with Crippen LogP contribution in [-0.4, -0.2) is 16.6 Å².